The lowest BCUT2D eigenvalue weighted by atomic mass is 10.2. The van der Waals surface area contributed by atoms with E-state index in [2.05, 4.69) is 10.1 Å². The van der Waals surface area contributed by atoms with E-state index in [4.69, 9.17) is 4.74 Å². The van der Waals surface area contributed by atoms with Crippen LogP contribution in [-0.2, 0) is 14.3 Å². The van der Waals surface area contributed by atoms with Crippen LogP contribution in [0.3, 0.4) is 0 Å². The molecule has 1 unspecified atom stereocenters. The lowest BCUT2D eigenvalue weighted by Gasteiger charge is -2.12. The number of rotatable bonds is 8. The first-order valence-electron chi connectivity index (χ1n) is 6.66. The van der Waals surface area contributed by atoms with Gasteiger partial charge < -0.3 is 14.8 Å². The first kappa shape index (κ1) is 16.0. The van der Waals surface area contributed by atoms with Crippen LogP contribution in [0.2, 0.25) is 0 Å². The van der Waals surface area contributed by atoms with E-state index in [1.165, 1.54) is 7.11 Å². The van der Waals surface area contributed by atoms with E-state index in [-0.39, 0.29) is 24.3 Å². The quantitative estimate of drug-likeness (QED) is 0.583. The molecule has 0 aliphatic carbocycles. The lowest BCUT2D eigenvalue weighted by molar-refractivity contribution is -0.141. The van der Waals surface area contributed by atoms with Gasteiger partial charge in [0.05, 0.1) is 20.1 Å². The number of benzene rings is 1. The summed E-state index contributed by atoms with van der Waals surface area (Å²) in [5, 5.41) is 2.75. The number of para-hydroxylation sites is 1. The number of methoxy groups -OCH3 is 1. The van der Waals surface area contributed by atoms with Crippen molar-refractivity contribution in [3.05, 3.63) is 30.3 Å². The molecule has 1 aromatic carbocycles. The van der Waals surface area contributed by atoms with Gasteiger partial charge in [-0.2, -0.15) is 0 Å². The predicted octanol–water partition coefficient (Wildman–Crippen LogP) is 1.91. The molecule has 0 aromatic heterocycles. The summed E-state index contributed by atoms with van der Waals surface area (Å²) in [5.41, 5.74) is 0. The number of carbonyl (C=O) groups excluding carboxylic acids is 2. The van der Waals surface area contributed by atoms with Gasteiger partial charge in [-0.3, -0.25) is 9.59 Å². The Morgan fingerprint density at radius 1 is 1.25 bits per heavy atom. The zero-order valence-corrected chi connectivity index (χ0v) is 11.9. The topological polar surface area (TPSA) is 64.6 Å². The van der Waals surface area contributed by atoms with Gasteiger partial charge in [-0.1, -0.05) is 18.2 Å². The van der Waals surface area contributed by atoms with Crippen LogP contribution in [-0.4, -0.2) is 31.6 Å². The van der Waals surface area contributed by atoms with Crippen molar-refractivity contribution in [2.45, 2.75) is 32.2 Å². The van der Waals surface area contributed by atoms with Crippen molar-refractivity contribution in [1.82, 2.24) is 5.32 Å². The van der Waals surface area contributed by atoms with E-state index in [1.807, 2.05) is 30.3 Å². The Balaban J connectivity index is 2.12. The van der Waals surface area contributed by atoms with Gasteiger partial charge in [0.1, 0.15) is 5.75 Å². The van der Waals surface area contributed by atoms with Gasteiger partial charge in [0, 0.05) is 12.5 Å². The van der Waals surface area contributed by atoms with Crippen LogP contribution in [0.25, 0.3) is 0 Å². The number of carbonyl (C=O) groups is 2. The van der Waals surface area contributed by atoms with Crippen LogP contribution < -0.4 is 10.1 Å². The van der Waals surface area contributed by atoms with E-state index in [9.17, 15) is 9.59 Å². The van der Waals surface area contributed by atoms with E-state index >= 15 is 0 Å². The maximum Gasteiger partial charge on any atom is 0.307 e. The van der Waals surface area contributed by atoms with Crippen molar-refractivity contribution in [2.24, 2.45) is 0 Å². The fourth-order valence-corrected chi connectivity index (χ4v) is 1.67. The zero-order valence-electron chi connectivity index (χ0n) is 11.9. The van der Waals surface area contributed by atoms with Crippen molar-refractivity contribution >= 4 is 11.9 Å². The molecule has 0 aliphatic rings. The van der Waals surface area contributed by atoms with E-state index < -0.39 is 0 Å². The van der Waals surface area contributed by atoms with Gasteiger partial charge in [-0.25, -0.2) is 0 Å². The summed E-state index contributed by atoms with van der Waals surface area (Å²) >= 11 is 0. The first-order valence-corrected chi connectivity index (χ1v) is 6.66. The van der Waals surface area contributed by atoms with Crippen LogP contribution in [0, 0.1) is 0 Å². The molecule has 20 heavy (non-hydrogen) atoms. The Bertz CT molecular complexity index is 419. The Labute approximate surface area is 119 Å². The van der Waals surface area contributed by atoms with Crippen molar-refractivity contribution in [1.29, 1.82) is 0 Å². The average Bonchev–Trinajstić information content (AvgIpc) is 2.44. The Hall–Kier alpha value is -2.04. The van der Waals surface area contributed by atoms with Gasteiger partial charge in [0.2, 0.25) is 5.91 Å². The summed E-state index contributed by atoms with van der Waals surface area (Å²) in [6, 6.07) is 9.25. The number of hydrogen-bond donors (Lipinski definition) is 1. The van der Waals surface area contributed by atoms with Gasteiger partial charge >= 0.3 is 5.97 Å². The highest BCUT2D eigenvalue weighted by Gasteiger charge is 2.11. The maximum absolute atomic E-state index is 11.6. The van der Waals surface area contributed by atoms with Crippen molar-refractivity contribution in [2.75, 3.05) is 13.7 Å². The fourth-order valence-electron chi connectivity index (χ4n) is 1.67. The highest BCUT2D eigenvalue weighted by molar-refractivity contribution is 5.77. The molecule has 0 heterocycles. The second-order valence-corrected chi connectivity index (χ2v) is 4.51. The molecule has 0 bridgehead atoms. The molecular weight excluding hydrogens is 258 g/mol. The minimum Gasteiger partial charge on any atom is -0.494 e. The molecular formula is C15H21NO4. The summed E-state index contributed by atoms with van der Waals surface area (Å²) in [6.07, 6.45) is 1.19. The minimum atomic E-state index is -0.329. The third-order valence-electron chi connectivity index (χ3n) is 2.67. The zero-order chi connectivity index (χ0) is 14.8. The monoisotopic (exact) mass is 279 g/mol. The number of ether oxygens (including phenoxy) is 2. The van der Waals surface area contributed by atoms with E-state index in [1.54, 1.807) is 6.92 Å². The summed E-state index contributed by atoms with van der Waals surface area (Å²) < 4.78 is 10.0. The normalized spacial score (nSPS) is 11.5. The first-order chi connectivity index (χ1) is 9.61. The Morgan fingerprint density at radius 3 is 2.60 bits per heavy atom. The van der Waals surface area contributed by atoms with Crippen LogP contribution in [0.15, 0.2) is 30.3 Å². The van der Waals surface area contributed by atoms with E-state index in [0.717, 1.165) is 5.75 Å². The predicted molar refractivity (Wildman–Crippen MR) is 75.4 cm³/mol. The molecule has 1 atom stereocenters. The van der Waals surface area contributed by atoms with Crippen LogP contribution >= 0.6 is 0 Å². The second kappa shape index (κ2) is 8.96. The summed E-state index contributed by atoms with van der Waals surface area (Å²) in [7, 11) is 1.33. The molecule has 0 spiro atoms. The highest BCUT2D eigenvalue weighted by Crippen LogP contribution is 2.08. The molecule has 0 saturated heterocycles. The average molecular weight is 279 g/mol. The lowest BCUT2D eigenvalue weighted by Crippen LogP contribution is -2.34. The Morgan fingerprint density at radius 2 is 1.95 bits per heavy atom. The molecule has 0 radical (unpaired) electrons. The number of nitrogens with one attached hydrogen (secondary N) is 1. The molecule has 1 N–H and O–H groups in total. The molecule has 1 rings (SSSR count). The van der Waals surface area contributed by atoms with Crippen molar-refractivity contribution < 1.29 is 19.1 Å². The molecule has 1 amide bonds. The van der Waals surface area contributed by atoms with Crippen LogP contribution in [0.4, 0.5) is 0 Å². The van der Waals surface area contributed by atoms with Crippen LogP contribution in [0.5, 0.6) is 5.75 Å². The van der Waals surface area contributed by atoms with Crippen LogP contribution in [0.1, 0.15) is 26.2 Å². The fraction of sp³-hybridized carbons (Fsp3) is 0.467. The highest BCUT2D eigenvalue weighted by atomic mass is 16.5. The molecule has 5 nitrogen and oxygen atoms in total. The minimum absolute atomic E-state index is 0.0851. The number of esters is 1. The second-order valence-electron chi connectivity index (χ2n) is 4.51. The standard InChI is InChI=1S/C15H21NO4/c1-12(11-15(18)19-2)16-14(17)9-6-10-20-13-7-4-3-5-8-13/h3-5,7-8,12H,6,9-11H2,1-2H3,(H,16,17). The van der Waals surface area contributed by atoms with Gasteiger partial charge in [-0.05, 0) is 25.5 Å². The largest absolute Gasteiger partial charge is 0.494 e. The van der Waals surface area contributed by atoms with Gasteiger partial charge in [-0.15, -0.1) is 0 Å². The smallest absolute Gasteiger partial charge is 0.307 e. The van der Waals surface area contributed by atoms with Crippen molar-refractivity contribution in [3.8, 4) is 5.75 Å². The molecule has 5 heteroatoms. The SMILES string of the molecule is COC(=O)CC(C)NC(=O)CCCOc1ccccc1. The van der Waals surface area contributed by atoms with Gasteiger partial charge in [0.25, 0.3) is 0 Å². The summed E-state index contributed by atoms with van der Waals surface area (Å²) in [4.78, 5) is 22.6. The molecule has 0 fully saturated rings. The summed E-state index contributed by atoms with van der Waals surface area (Å²) in [5.74, 6) is 0.384. The third kappa shape index (κ3) is 6.78. The molecule has 0 aliphatic heterocycles. The summed E-state index contributed by atoms with van der Waals surface area (Å²) in [6.45, 7) is 2.26. The number of hydrogen-bond acceptors (Lipinski definition) is 4. The number of amides is 1. The maximum atomic E-state index is 11.6. The van der Waals surface area contributed by atoms with E-state index in [0.29, 0.717) is 19.4 Å². The third-order valence-corrected chi connectivity index (χ3v) is 2.67. The molecule has 1 aromatic rings. The molecule has 0 saturated carbocycles. The Kier molecular flexibility index (Phi) is 7.17. The van der Waals surface area contributed by atoms with Crippen molar-refractivity contribution in [3.63, 3.8) is 0 Å². The molecule has 110 valence electrons. The van der Waals surface area contributed by atoms with Gasteiger partial charge in [0.15, 0.2) is 0 Å².